The molecule has 1 saturated carbocycles. The highest BCUT2D eigenvalue weighted by atomic mass is 16.5. The van der Waals surface area contributed by atoms with Crippen molar-refractivity contribution in [1.82, 2.24) is 0 Å². The number of hydrogen-bond acceptors (Lipinski definition) is 2. The van der Waals surface area contributed by atoms with Crippen LogP contribution in [0.25, 0.3) is 11.1 Å². The molecule has 1 unspecified atom stereocenters. The zero-order chi connectivity index (χ0) is 29.3. The molecular weight excluding hydrogens is 498 g/mol. The summed E-state index contributed by atoms with van der Waals surface area (Å²) in [7, 11) is 0. The van der Waals surface area contributed by atoms with Gasteiger partial charge in [0.05, 0.1) is 18.1 Å². The smallest absolute Gasteiger partial charge is 0.119 e. The minimum absolute atomic E-state index is 0.0751. The lowest BCUT2D eigenvalue weighted by molar-refractivity contribution is 0.222. The average Bonchev–Trinajstić information content (AvgIpc) is 2.99. The average molecular weight is 558 g/mol. The first-order valence-corrected chi connectivity index (χ1v) is 17.2. The van der Waals surface area contributed by atoms with Gasteiger partial charge in [0.25, 0.3) is 0 Å². The molecular formula is C39H59NO. The van der Waals surface area contributed by atoms with Crippen molar-refractivity contribution in [2.75, 3.05) is 6.61 Å². The SMILES string of the molecule is CCCCCCCCCCC1(C#N)CCC(c2ccc(-c3ccc(OCCC(C)CCCC(C)C)cc3)cc2)CC1. The number of nitriles is 1. The van der Waals surface area contributed by atoms with Crippen LogP contribution in [-0.2, 0) is 0 Å². The van der Waals surface area contributed by atoms with E-state index in [1.807, 2.05) is 0 Å². The summed E-state index contributed by atoms with van der Waals surface area (Å²) in [6.07, 6.45) is 21.3. The van der Waals surface area contributed by atoms with Gasteiger partial charge in [-0.05, 0) is 85.1 Å². The Labute approximate surface area is 253 Å². The minimum atomic E-state index is -0.0751. The molecule has 0 saturated heterocycles. The maximum absolute atomic E-state index is 10.0. The molecule has 2 nitrogen and oxygen atoms in total. The van der Waals surface area contributed by atoms with Gasteiger partial charge in [0.1, 0.15) is 5.75 Å². The van der Waals surface area contributed by atoms with Gasteiger partial charge >= 0.3 is 0 Å². The molecule has 0 bridgehead atoms. The number of rotatable bonds is 19. The Morgan fingerprint density at radius 1 is 0.756 bits per heavy atom. The first kappa shape index (κ1) is 33.2. The molecule has 1 aliphatic rings. The highest BCUT2D eigenvalue weighted by Gasteiger charge is 2.35. The first-order chi connectivity index (χ1) is 19.9. The highest BCUT2D eigenvalue weighted by Crippen LogP contribution is 2.46. The molecule has 0 heterocycles. The molecule has 0 aliphatic heterocycles. The highest BCUT2D eigenvalue weighted by molar-refractivity contribution is 5.64. The zero-order valence-corrected chi connectivity index (χ0v) is 26.9. The van der Waals surface area contributed by atoms with Crippen LogP contribution in [0.15, 0.2) is 48.5 Å². The summed E-state index contributed by atoms with van der Waals surface area (Å²) in [5, 5.41) is 10.0. The fraction of sp³-hybridized carbons (Fsp3) is 0.667. The van der Waals surface area contributed by atoms with E-state index in [0.29, 0.717) is 5.92 Å². The van der Waals surface area contributed by atoms with Crippen LogP contribution in [-0.4, -0.2) is 6.61 Å². The van der Waals surface area contributed by atoms with Crippen molar-refractivity contribution < 1.29 is 4.74 Å². The number of unbranched alkanes of at least 4 members (excludes halogenated alkanes) is 7. The maximum Gasteiger partial charge on any atom is 0.119 e. The third kappa shape index (κ3) is 11.9. The summed E-state index contributed by atoms with van der Waals surface area (Å²) in [5.41, 5.74) is 3.86. The Hall–Kier alpha value is -2.27. The lowest BCUT2D eigenvalue weighted by Crippen LogP contribution is -2.25. The van der Waals surface area contributed by atoms with Crippen molar-refractivity contribution in [2.45, 2.75) is 143 Å². The van der Waals surface area contributed by atoms with Gasteiger partial charge in [-0.2, -0.15) is 5.26 Å². The lowest BCUT2D eigenvalue weighted by atomic mass is 9.67. The van der Waals surface area contributed by atoms with Crippen molar-refractivity contribution in [1.29, 1.82) is 5.26 Å². The van der Waals surface area contributed by atoms with E-state index in [9.17, 15) is 5.26 Å². The Bertz CT molecular complexity index is 991. The van der Waals surface area contributed by atoms with Gasteiger partial charge in [0, 0.05) is 0 Å². The van der Waals surface area contributed by atoms with Crippen molar-refractivity contribution in [3.8, 4) is 22.9 Å². The minimum Gasteiger partial charge on any atom is -0.494 e. The predicted octanol–water partition coefficient (Wildman–Crippen LogP) is 12.3. The molecule has 0 radical (unpaired) electrons. The molecule has 226 valence electrons. The first-order valence-electron chi connectivity index (χ1n) is 17.2. The van der Waals surface area contributed by atoms with E-state index >= 15 is 0 Å². The molecule has 1 atom stereocenters. The molecule has 2 aromatic carbocycles. The van der Waals surface area contributed by atoms with Gasteiger partial charge in [-0.15, -0.1) is 0 Å². The molecule has 0 aromatic heterocycles. The Balaban J connectivity index is 1.39. The second kappa shape index (κ2) is 18.3. The fourth-order valence-electron chi connectivity index (χ4n) is 6.61. The molecule has 3 rings (SSSR count). The van der Waals surface area contributed by atoms with E-state index in [0.717, 1.165) is 62.7 Å². The van der Waals surface area contributed by atoms with Crippen molar-refractivity contribution in [2.24, 2.45) is 17.3 Å². The summed E-state index contributed by atoms with van der Waals surface area (Å²) in [6.45, 7) is 10.0. The topological polar surface area (TPSA) is 33.0 Å². The van der Waals surface area contributed by atoms with Gasteiger partial charge in [-0.1, -0.05) is 135 Å². The van der Waals surface area contributed by atoms with E-state index in [1.165, 1.54) is 87.3 Å². The number of hydrogen-bond donors (Lipinski definition) is 0. The van der Waals surface area contributed by atoms with Crippen LogP contribution in [0.4, 0.5) is 0 Å². The standard InChI is InChI=1S/C39H59NO/c1-5-6-7-8-9-10-11-12-27-39(31-40)28-24-37(25-29-39)35-18-16-34(17-19-35)36-20-22-38(23-21-36)41-30-26-33(4)15-13-14-32(2)3/h16-23,32-33,37H,5-15,24-30H2,1-4H3. The molecule has 0 amide bonds. The molecule has 2 aromatic rings. The second-order valence-electron chi connectivity index (χ2n) is 13.6. The number of benzene rings is 2. The monoisotopic (exact) mass is 557 g/mol. The molecule has 2 heteroatoms. The van der Waals surface area contributed by atoms with Gasteiger partial charge in [0.2, 0.25) is 0 Å². The van der Waals surface area contributed by atoms with Crippen molar-refractivity contribution >= 4 is 0 Å². The van der Waals surface area contributed by atoms with Crippen molar-refractivity contribution in [3.05, 3.63) is 54.1 Å². The zero-order valence-electron chi connectivity index (χ0n) is 26.9. The van der Waals surface area contributed by atoms with E-state index in [-0.39, 0.29) is 5.41 Å². The molecule has 0 spiro atoms. The van der Waals surface area contributed by atoms with Crippen LogP contribution in [0.2, 0.25) is 0 Å². The molecule has 41 heavy (non-hydrogen) atoms. The predicted molar refractivity (Wildman–Crippen MR) is 176 cm³/mol. The largest absolute Gasteiger partial charge is 0.494 e. The summed E-state index contributed by atoms with van der Waals surface area (Å²) >= 11 is 0. The summed E-state index contributed by atoms with van der Waals surface area (Å²) in [4.78, 5) is 0. The van der Waals surface area contributed by atoms with E-state index in [2.05, 4.69) is 82.3 Å². The van der Waals surface area contributed by atoms with Gasteiger partial charge in [-0.25, -0.2) is 0 Å². The summed E-state index contributed by atoms with van der Waals surface area (Å²) in [5.74, 6) is 3.09. The van der Waals surface area contributed by atoms with Crippen LogP contribution in [0.1, 0.15) is 148 Å². The maximum atomic E-state index is 10.0. The van der Waals surface area contributed by atoms with Crippen LogP contribution in [0.5, 0.6) is 5.75 Å². The number of ether oxygens (including phenoxy) is 1. The summed E-state index contributed by atoms with van der Waals surface area (Å²) in [6, 6.07) is 20.6. The molecule has 1 aliphatic carbocycles. The molecule has 0 N–H and O–H groups in total. The normalized spacial score (nSPS) is 19.7. The fourth-order valence-corrected chi connectivity index (χ4v) is 6.61. The Morgan fingerprint density at radius 2 is 1.34 bits per heavy atom. The van der Waals surface area contributed by atoms with Crippen LogP contribution < -0.4 is 4.74 Å². The van der Waals surface area contributed by atoms with Crippen LogP contribution in [0, 0.1) is 28.6 Å². The van der Waals surface area contributed by atoms with E-state index < -0.39 is 0 Å². The number of nitrogens with zero attached hydrogens (tertiary/aromatic N) is 1. The van der Waals surface area contributed by atoms with Gasteiger partial charge in [-0.3, -0.25) is 0 Å². The van der Waals surface area contributed by atoms with Crippen molar-refractivity contribution in [3.63, 3.8) is 0 Å². The Morgan fingerprint density at radius 3 is 1.93 bits per heavy atom. The third-order valence-electron chi connectivity index (χ3n) is 9.62. The van der Waals surface area contributed by atoms with Gasteiger partial charge in [0.15, 0.2) is 0 Å². The van der Waals surface area contributed by atoms with Crippen LogP contribution >= 0.6 is 0 Å². The van der Waals surface area contributed by atoms with E-state index in [4.69, 9.17) is 4.74 Å². The van der Waals surface area contributed by atoms with Gasteiger partial charge < -0.3 is 4.74 Å². The quantitative estimate of drug-likeness (QED) is 0.161. The Kier molecular flexibility index (Phi) is 14.8. The third-order valence-corrected chi connectivity index (χ3v) is 9.62. The van der Waals surface area contributed by atoms with Crippen LogP contribution in [0.3, 0.4) is 0 Å². The van der Waals surface area contributed by atoms with E-state index in [1.54, 1.807) is 0 Å². The second-order valence-corrected chi connectivity index (χ2v) is 13.6. The lowest BCUT2D eigenvalue weighted by Gasteiger charge is -2.35. The summed E-state index contributed by atoms with van der Waals surface area (Å²) < 4.78 is 6.05. The molecule has 1 fully saturated rings.